The first-order chi connectivity index (χ1) is 12.0. The van der Waals surface area contributed by atoms with E-state index in [-0.39, 0.29) is 17.7 Å². The molecular formula is C17H22N6O2. The minimum atomic E-state index is -0.613. The first kappa shape index (κ1) is 17.0. The highest BCUT2D eigenvalue weighted by atomic mass is 16.2. The fourth-order valence-electron chi connectivity index (χ4n) is 3.16. The molecule has 132 valence electrons. The third-order valence-corrected chi connectivity index (χ3v) is 4.37. The lowest BCUT2D eigenvalue weighted by Gasteiger charge is -2.17. The van der Waals surface area contributed by atoms with Crippen LogP contribution in [0, 0.1) is 5.92 Å². The topological polar surface area (TPSA) is 114 Å². The largest absolute Gasteiger partial charge is 0.352 e. The third kappa shape index (κ3) is 4.16. The van der Waals surface area contributed by atoms with Crippen molar-refractivity contribution in [1.82, 2.24) is 20.4 Å². The van der Waals surface area contributed by atoms with Gasteiger partial charge in [0.2, 0.25) is 5.91 Å². The Bertz CT molecular complexity index is 772. The average Bonchev–Trinajstić information content (AvgIpc) is 3.21. The molecule has 5 N–H and O–H groups in total. The summed E-state index contributed by atoms with van der Waals surface area (Å²) < 4.78 is 1.75. The molecule has 8 nitrogen and oxygen atoms in total. The van der Waals surface area contributed by atoms with Gasteiger partial charge in [0, 0.05) is 44.5 Å². The van der Waals surface area contributed by atoms with Crippen molar-refractivity contribution in [3.05, 3.63) is 47.8 Å². The molecule has 0 bridgehead atoms. The number of amides is 3. The van der Waals surface area contributed by atoms with Crippen molar-refractivity contribution >= 4 is 17.6 Å². The number of nitrogens with two attached hydrogens (primary N) is 1. The van der Waals surface area contributed by atoms with Gasteiger partial charge in [-0.05, 0) is 23.3 Å². The minimum absolute atomic E-state index is 0.00659. The zero-order chi connectivity index (χ0) is 17.8. The number of hydrogen-bond donors (Lipinski definition) is 4. The Morgan fingerprint density at radius 3 is 2.96 bits per heavy atom. The van der Waals surface area contributed by atoms with E-state index in [1.807, 2.05) is 31.6 Å². The molecule has 1 aliphatic rings. The predicted molar refractivity (Wildman–Crippen MR) is 93.8 cm³/mol. The summed E-state index contributed by atoms with van der Waals surface area (Å²) in [7, 11) is 1.87. The third-order valence-electron chi connectivity index (χ3n) is 4.37. The van der Waals surface area contributed by atoms with Gasteiger partial charge in [-0.2, -0.15) is 5.10 Å². The molecule has 0 saturated carbocycles. The van der Waals surface area contributed by atoms with Gasteiger partial charge in [-0.25, -0.2) is 4.79 Å². The quantitative estimate of drug-likeness (QED) is 0.634. The molecular weight excluding hydrogens is 320 g/mol. The van der Waals surface area contributed by atoms with Gasteiger partial charge >= 0.3 is 6.03 Å². The Kier molecular flexibility index (Phi) is 4.99. The average molecular weight is 342 g/mol. The van der Waals surface area contributed by atoms with Crippen LogP contribution in [-0.2, 0) is 18.4 Å². The zero-order valence-electron chi connectivity index (χ0n) is 14.0. The van der Waals surface area contributed by atoms with E-state index in [0.29, 0.717) is 18.8 Å². The summed E-state index contributed by atoms with van der Waals surface area (Å²) in [4.78, 5) is 23.5. The lowest BCUT2D eigenvalue weighted by molar-refractivity contribution is -0.125. The van der Waals surface area contributed by atoms with Crippen LogP contribution < -0.4 is 21.7 Å². The molecule has 0 spiro atoms. The number of hydrogen-bond acceptors (Lipinski definition) is 4. The summed E-state index contributed by atoms with van der Waals surface area (Å²) in [6.07, 6.45) is 3.77. The van der Waals surface area contributed by atoms with Gasteiger partial charge in [-0.3, -0.25) is 9.48 Å². The Labute approximate surface area is 145 Å². The number of aromatic nitrogens is 2. The van der Waals surface area contributed by atoms with Crippen LogP contribution in [-0.4, -0.2) is 34.8 Å². The van der Waals surface area contributed by atoms with E-state index in [1.54, 1.807) is 16.8 Å². The van der Waals surface area contributed by atoms with Gasteiger partial charge in [-0.1, -0.05) is 12.1 Å². The first-order valence-corrected chi connectivity index (χ1v) is 8.15. The van der Waals surface area contributed by atoms with Crippen molar-refractivity contribution < 1.29 is 9.59 Å². The van der Waals surface area contributed by atoms with Crippen LogP contribution in [0.15, 0.2) is 36.7 Å². The molecule has 8 heteroatoms. The van der Waals surface area contributed by atoms with Crippen LogP contribution in [0.2, 0.25) is 0 Å². The number of anilines is 1. The molecule has 2 aromatic rings. The number of carbonyl (C=O) groups excluding carboxylic acids is 2. The molecule has 0 unspecified atom stereocenters. The molecule has 1 saturated heterocycles. The fourth-order valence-corrected chi connectivity index (χ4v) is 3.16. The maximum Gasteiger partial charge on any atom is 0.316 e. The molecule has 2 atom stereocenters. The Morgan fingerprint density at radius 1 is 1.40 bits per heavy atom. The normalized spacial score (nSPS) is 19.6. The maximum atomic E-state index is 12.6. The molecule has 3 amide bonds. The van der Waals surface area contributed by atoms with Crippen LogP contribution in [0.1, 0.15) is 17.0 Å². The first-order valence-electron chi connectivity index (χ1n) is 8.15. The molecule has 2 heterocycles. The van der Waals surface area contributed by atoms with Crippen LogP contribution in [0.3, 0.4) is 0 Å². The van der Waals surface area contributed by atoms with Crippen molar-refractivity contribution in [2.24, 2.45) is 18.7 Å². The molecule has 1 aliphatic heterocycles. The van der Waals surface area contributed by atoms with Gasteiger partial charge in [-0.15, -0.1) is 0 Å². The Hall–Kier alpha value is -2.87. The van der Waals surface area contributed by atoms with Gasteiger partial charge in [0.05, 0.1) is 12.1 Å². The van der Waals surface area contributed by atoms with Crippen molar-refractivity contribution in [3.63, 3.8) is 0 Å². The highest BCUT2D eigenvalue weighted by Gasteiger charge is 2.34. The monoisotopic (exact) mass is 342 g/mol. The SMILES string of the molecule is Cn1cc([C@H]2CNC[C@@H]2C(=O)NCc2cccc(NC(N)=O)c2)cn1. The number of primary amides is 1. The van der Waals surface area contributed by atoms with Gasteiger partial charge < -0.3 is 21.7 Å². The summed E-state index contributed by atoms with van der Waals surface area (Å²) in [6, 6.07) is 6.61. The van der Waals surface area contributed by atoms with Crippen molar-refractivity contribution in [2.75, 3.05) is 18.4 Å². The van der Waals surface area contributed by atoms with Crippen molar-refractivity contribution in [3.8, 4) is 0 Å². The predicted octanol–water partition coefficient (Wildman–Crippen LogP) is 0.530. The highest BCUT2D eigenvalue weighted by molar-refractivity contribution is 5.87. The molecule has 1 fully saturated rings. The lowest BCUT2D eigenvalue weighted by atomic mass is 9.90. The number of benzene rings is 1. The van der Waals surface area contributed by atoms with Gasteiger partial charge in [0.15, 0.2) is 0 Å². The molecule has 1 aromatic heterocycles. The van der Waals surface area contributed by atoms with E-state index in [2.05, 4.69) is 21.0 Å². The number of urea groups is 1. The highest BCUT2D eigenvalue weighted by Crippen LogP contribution is 2.28. The zero-order valence-corrected chi connectivity index (χ0v) is 14.0. The summed E-state index contributed by atoms with van der Waals surface area (Å²) >= 11 is 0. The number of aryl methyl sites for hydroxylation is 1. The van der Waals surface area contributed by atoms with E-state index in [0.717, 1.165) is 17.7 Å². The lowest BCUT2D eigenvalue weighted by Crippen LogP contribution is -2.34. The molecule has 25 heavy (non-hydrogen) atoms. The smallest absolute Gasteiger partial charge is 0.316 e. The van der Waals surface area contributed by atoms with Crippen LogP contribution >= 0.6 is 0 Å². The van der Waals surface area contributed by atoms with Crippen LogP contribution in [0.4, 0.5) is 10.5 Å². The number of rotatable bonds is 5. The van der Waals surface area contributed by atoms with Crippen LogP contribution in [0.5, 0.6) is 0 Å². The van der Waals surface area contributed by atoms with Gasteiger partial charge in [0.1, 0.15) is 0 Å². The Morgan fingerprint density at radius 2 is 2.24 bits per heavy atom. The second kappa shape index (κ2) is 7.35. The van der Waals surface area contributed by atoms with E-state index in [1.165, 1.54) is 0 Å². The number of carbonyl (C=O) groups is 2. The summed E-state index contributed by atoms with van der Waals surface area (Å²) in [5.74, 6) is -0.000179. The van der Waals surface area contributed by atoms with Gasteiger partial charge in [0.25, 0.3) is 0 Å². The summed E-state index contributed by atoms with van der Waals surface area (Å²) in [5.41, 5.74) is 7.69. The van der Waals surface area contributed by atoms with E-state index in [9.17, 15) is 9.59 Å². The number of nitrogens with one attached hydrogen (secondary N) is 3. The van der Waals surface area contributed by atoms with Crippen LogP contribution in [0.25, 0.3) is 0 Å². The standard InChI is InChI=1S/C17H22N6O2/c1-23-10-12(7-21-23)14-8-19-9-15(14)16(24)20-6-11-3-2-4-13(5-11)22-17(18)25/h2-5,7,10,14-15,19H,6,8-9H2,1H3,(H,20,24)(H3,18,22,25)/t14-,15+/m1/s1. The van der Waals surface area contributed by atoms with Crippen molar-refractivity contribution in [2.45, 2.75) is 12.5 Å². The molecule has 3 rings (SSSR count). The second-order valence-corrected chi connectivity index (χ2v) is 6.23. The second-order valence-electron chi connectivity index (χ2n) is 6.23. The fraction of sp³-hybridized carbons (Fsp3) is 0.353. The van der Waals surface area contributed by atoms with E-state index in [4.69, 9.17) is 5.73 Å². The maximum absolute atomic E-state index is 12.6. The minimum Gasteiger partial charge on any atom is -0.352 e. The summed E-state index contributed by atoms with van der Waals surface area (Å²) in [6.45, 7) is 1.81. The van der Waals surface area contributed by atoms with E-state index >= 15 is 0 Å². The molecule has 1 aromatic carbocycles. The Balaban J connectivity index is 1.61. The van der Waals surface area contributed by atoms with E-state index < -0.39 is 6.03 Å². The van der Waals surface area contributed by atoms with Crippen molar-refractivity contribution in [1.29, 1.82) is 0 Å². The summed E-state index contributed by atoms with van der Waals surface area (Å²) in [5, 5.41) is 13.0. The number of nitrogens with zero attached hydrogens (tertiary/aromatic N) is 2. The molecule has 0 aliphatic carbocycles. The molecule has 0 radical (unpaired) electrons.